The first-order chi connectivity index (χ1) is 13.9. The van der Waals surface area contributed by atoms with Gasteiger partial charge in [-0.2, -0.15) is 4.31 Å². The molecule has 0 atom stereocenters. The maximum absolute atomic E-state index is 13.0. The lowest BCUT2D eigenvalue weighted by molar-refractivity contribution is 0.385. The number of aromatic nitrogens is 1. The monoisotopic (exact) mass is 467 g/mol. The standard InChI is InChI=1S/C20H19Cl2N3O2S2/c1-14-4-2-3-5-16(14)18-13-28-20(23-18)24-8-10-25(11-9-24)29(26,27)19-12-15(21)6-7-17(19)22/h2-7,12-13H,8-11H2,1H3. The van der Waals surface area contributed by atoms with Crippen LogP contribution in [0.5, 0.6) is 0 Å². The highest BCUT2D eigenvalue weighted by molar-refractivity contribution is 7.89. The Kier molecular flexibility index (Phi) is 5.86. The number of benzene rings is 2. The quantitative estimate of drug-likeness (QED) is 0.545. The zero-order valence-electron chi connectivity index (χ0n) is 15.7. The smallest absolute Gasteiger partial charge is 0.244 e. The van der Waals surface area contributed by atoms with E-state index in [9.17, 15) is 8.42 Å². The molecule has 0 aliphatic carbocycles. The van der Waals surface area contributed by atoms with E-state index in [1.807, 2.05) is 17.5 Å². The molecule has 0 radical (unpaired) electrons. The summed E-state index contributed by atoms with van der Waals surface area (Å²) in [5.41, 5.74) is 3.24. The number of aryl methyl sites for hydroxylation is 1. The molecule has 2 heterocycles. The highest BCUT2D eigenvalue weighted by Crippen LogP contribution is 2.32. The van der Waals surface area contributed by atoms with E-state index >= 15 is 0 Å². The number of nitrogens with zero attached hydrogens (tertiary/aromatic N) is 3. The molecule has 1 aliphatic rings. The molecule has 0 unspecified atom stereocenters. The maximum Gasteiger partial charge on any atom is 0.244 e. The number of piperazine rings is 1. The number of rotatable bonds is 4. The van der Waals surface area contributed by atoms with E-state index in [4.69, 9.17) is 28.2 Å². The van der Waals surface area contributed by atoms with Gasteiger partial charge >= 0.3 is 0 Å². The summed E-state index contributed by atoms with van der Waals surface area (Å²) in [6.07, 6.45) is 0. The molecule has 9 heteroatoms. The number of hydrogen-bond acceptors (Lipinski definition) is 5. The van der Waals surface area contributed by atoms with Crippen molar-refractivity contribution in [2.75, 3.05) is 31.1 Å². The predicted octanol–water partition coefficient (Wildman–Crippen LogP) is 4.94. The fraction of sp³-hybridized carbons (Fsp3) is 0.250. The van der Waals surface area contributed by atoms with Crippen molar-refractivity contribution in [1.29, 1.82) is 0 Å². The van der Waals surface area contributed by atoms with Gasteiger partial charge in [-0.05, 0) is 30.7 Å². The van der Waals surface area contributed by atoms with Gasteiger partial charge in [0, 0.05) is 42.1 Å². The molecule has 152 valence electrons. The summed E-state index contributed by atoms with van der Waals surface area (Å²) < 4.78 is 27.4. The van der Waals surface area contributed by atoms with E-state index < -0.39 is 10.0 Å². The molecule has 1 aliphatic heterocycles. The van der Waals surface area contributed by atoms with Crippen molar-refractivity contribution in [2.45, 2.75) is 11.8 Å². The molecule has 1 fully saturated rings. The van der Waals surface area contributed by atoms with E-state index in [0.29, 0.717) is 31.2 Å². The minimum Gasteiger partial charge on any atom is -0.345 e. The second kappa shape index (κ2) is 8.24. The largest absolute Gasteiger partial charge is 0.345 e. The lowest BCUT2D eigenvalue weighted by Crippen LogP contribution is -2.48. The van der Waals surface area contributed by atoms with Crippen molar-refractivity contribution < 1.29 is 8.42 Å². The van der Waals surface area contributed by atoms with Crippen LogP contribution < -0.4 is 4.90 Å². The molecule has 4 rings (SSSR count). The van der Waals surface area contributed by atoms with Gasteiger partial charge in [0.05, 0.1) is 10.7 Å². The van der Waals surface area contributed by atoms with Crippen molar-refractivity contribution >= 4 is 49.7 Å². The van der Waals surface area contributed by atoms with E-state index in [1.165, 1.54) is 22.0 Å². The predicted molar refractivity (Wildman–Crippen MR) is 120 cm³/mol. The van der Waals surface area contributed by atoms with Crippen LogP contribution in [0.3, 0.4) is 0 Å². The normalized spacial score (nSPS) is 15.6. The summed E-state index contributed by atoms with van der Waals surface area (Å²) in [6.45, 7) is 3.93. The van der Waals surface area contributed by atoms with Gasteiger partial charge in [-0.1, -0.05) is 47.5 Å². The summed E-state index contributed by atoms with van der Waals surface area (Å²) in [5, 5.41) is 3.48. The maximum atomic E-state index is 13.0. The molecule has 0 amide bonds. The van der Waals surface area contributed by atoms with Crippen molar-refractivity contribution in [1.82, 2.24) is 9.29 Å². The fourth-order valence-corrected chi connectivity index (χ4v) is 6.37. The van der Waals surface area contributed by atoms with Crippen LogP contribution in [-0.2, 0) is 10.0 Å². The Bertz CT molecular complexity index is 1140. The minimum atomic E-state index is -3.69. The fourth-order valence-electron chi connectivity index (χ4n) is 3.33. The molecule has 0 spiro atoms. The zero-order valence-corrected chi connectivity index (χ0v) is 18.8. The zero-order chi connectivity index (χ0) is 20.6. The van der Waals surface area contributed by atoms with Crippen LogP contribution in [0.25, 0.3) is 11.3 Å². The van der Waals surface area contributed by atoms with Crippen LogP contribution in [0.1, 0.15) is 5.56 Å². The molecule has 5 nitrogen and oxygen atoms in total. The Morgan fingerprint density at radius 2 is 1.76 bits per heavy atom. The Morgan fingerprint density at radius 3 is 2.48 bits per heavy atom. The first-order valence-electron chi connectivity index (χ1n) is 9.08. The molecule has 1 aromatic heterocycles. The minimum absolute atomic E-state index is 0.0520. The number of sulfonamides is 1. The SMILES string of the molecule is Cc1ccccc1-c1csc(N2CCN(S(=O)(=O)c3cc(Cl)ccc3Cl)CC2)n1. The lowest BCUT2D eigenvalue weighted by Gasteiger charge is -2.34. The molecule has 0 bridgehead atoms. The molecule has 0 saturated carbocycles. The van der Waals surface area contributed by atoms with Crippen molar-refractivity contribution in [3.05, 3.63) is 63.5 Å². The topological polar surface area (TPSA) is 53.5 Å². The van der Waals surface area contributed by atoms with Crippen molar-refractivity contribution in [3.8, 4) is 11.3 Å². The summed E-state index contributed by atoms with van der Waals surface area (Å²) >= 11 is 13.7. The molecule has 1 saturated heterocycles. The second-order valence-electron chi connectivity index (χ2n) is 6.80. The first kappa shape index (κ1) is 20.6. The van der Waals surface area contributed by atoms with Gasteiger partial charge in [-0.15, -0.1) is 11.3 Å². The molecule has 29 heavy (non-hydrogen) atoms. The highest BCUT2D eigenvalue weighted by Gasteiger charge is 2.31. The Labute approximate surface area is 184 Å². The third-order valence-electron chi connectivity index (χ3n) is 4.93. The summed E-state index contributed by atoms with van der Waals surface area (Å²) in [5.74, 6) is 0. The molecule has 3 aromatic rings. The van der Waals surface area contributed by atoms with Crippen LogP contribution in [0.2, 0.25) is 10.0 Å². The summed E-state index contributed by atoms with van der Waals surface area (Å²) in [6, 6.07) is 12.6. The van der Waals surface area contributed by atoms with Gasteiger partial charge in [0.1, 0.15) is 4.90 Å². The van der Waals surface area contributed by atoms with Gasteiger partial charge in [-0.3, -0.25) is 0 Å². The number of anilines is 1. The van der Waals surface area contributed by atoms with Crippen LogP contribution in [-0.4, -0.2) is 43.9 Å². The van der Waals surface area contributed by atoms with Crippen LogP contribution >= 0.6 is 34.5 Å². The molecular formula is C20H19Cl2N3O2S2. The molecule has 0 N–H and O–H groups in total. The van der Waals surface area contributed by atoms with Crippen LogP contribution in [0, 0.1) is 6.92 Å². The Morgan fingerprint density at radius 1 is 1.03 bits per heavy atom. The van der Waals surface area contributed by atoms with Crippen molar-refractivity contribution in [2.24, 2.45) is 0 Å². The number of halogens is 2. The van der Waals surface area contributed by atoms with Crippen LogP contribution in [0.15, 0.2) is 52.7 Å². The lowest BCUT2D eigenvalue weighted by atomic mass is 10.1. The second-order valence-corrected chi connectivity index (χ2v) is 10.4. The highest BCUT2D eigenvalue weighted by atomic mass is 35.5. The molecule has 2 aromatic carbocycles. The van der Waals surface area contributed by atoms with Crippen LogP contribution in [0.4, 0.5) is 5.13 Å². The summed E-state index contributed by atoms with van der Waals surface area (Å²) in [4.78, 5) is 6.95. The van der Waals surface area contributed by atoms with Gasteiger partial charge in [-0.25, -0.2) is 13.4 Å². The Balaban J connectivity index is 1.49. The third-order valence-corrected chi connectivity index (χ3v) is 8.45. The van der Waals surface area contributed by atoms with Gasteiger partial charge < -0.3 is 4.90 Å². The van der Waals surface area contributed by atoms with E-state index in [0.717, 1.165) is 16.4 Å². The van der Waals surface area contributed by atoms with E-state index in [2.05, 4.69) is 24.0 Å². The van der Waals surface area contributed by atoms with E-state index in [-0.39, 0.29) is 9.92 Å². The first-order valence-corrected chi connectivity index (χ1v) is 12.2. The third kappa shape index (κ3) is 4.15. The van der Waals surface area contributed by atoms with Gasteiger partial charge in [0.15, 0.2) is 5.13 Å². The number of hydrogen-bond donors (Lipinski definition) is 0. The van der Waals surface area contributed by atoms with Gasteiger partial charge in [0.2, 0.25) is 10.0 Å². The number of thiazole rings is 1. The van der Waals surface area contributed by atoms with E-state index in [1.54, 1.807) is 17.4 Å². The Hall–Kier alpha value is -1.64. The van der Waals surface area contributed by atoms with Gasteiger partial charge in [0.25, 0.3) is 0 Å². The van der Waals surface area contributed by atoms with Crippen molar-refractivity contribution in [3.63, 3.8) is 0 Å². The molecular weight excluding hydrogens is 449 g/mol. The average molecular weight is 468 g/mol. The average Bonchev–Trinajstić information content (AvgIpc) is 3.20. The summed E-state index contributed by atoms with van der Waals surface area (Å²) in [7, 11) is -3.69.